The molecule has 94 valence electrons. The van der Waals surface area contributed by atoms with Crippen molar-refractivity contribution in [3.05, 3.63) is 48.0 Å². The van der Waals surface area contributed by atoms with Crippen molar-refractivity contribution in [3.63, 3.8) is 0 Å². The third kappa shape index (κ3) is 2.68. The van der Waals surface area contributed by atoms with Gasteiger partial charge in [-0.25, -0.2) is 0 Å². The van der Waals surface area contributed by atoms with Crippen molar-refractivity contribution in [2.24, 2.45) is 0 Å². The molecule has 0 aliphatic carbocycles. The van der Waals surface area contributed by atoms with Crippen LogP contribution in [0.3, 0.4) is 0 Å². The van der Waals surface area contributed by atoms with Crippen LogP contribution in [0.1, 0.15) is 23.0 Å². The predicted molar refractivity (Wildman–Crippen MR) is 69.9 cm³/mol. The summed E-state index contributed by atoms with van der Waals surface area (Å²) in [5.41, 5.74) is 7.90. The number of aromatic nitrogens is 2. The molecule has 0 aliphatic rings. The van der Waals surface area contributed by atoms with Gasteiger partial charge < -0.3 is 15.6 Å². The average Bonchev–Trinajstić information content (AvgIpc) is 2.78. The zero-order valence-electron chi connectivity index (χ0n) is 10.3. The van der Waals surface area contributed by atoms with Crippen LogP contribution >= 0.6 is 0 Å². The Morgan fingerprint density at radius 2 is 2.17 bits per heavy atom. The second kappa shape index (κ2) is 5.35. The second-order valence-corrected chi connectivity index (χ2v) is 3.98. The van der Waals surface area contributed by atoms with Crippen LogP contribution in [0.5, 0.6) is 0 Å². The normalized spacial score (nSPS) is 10.3. The number of hydrogen-bond donors (Lipinski definition) is 2. The van der Waals surface area contributed by atoms with Gasteiger partial charge in [0.1, 0.15) is 5.69 Å². The van der Waals surface area contributed by atoms with Gasteiger partial charge in [-0.3, -0.25) is 9.78 Å². The third-order valence-corrected chi connectivity index (χ3v) is 2.69. The van der Waals surface area contributed by atoms with Gasteiger partial charge in [0.2, 0.25) is 0 Å². The van der Waals surface area contributed by atoms with Crippen molar-refractivity contribution < 1.29 is 4.79 Å². The Labute approximate surface area is 106 Å². The molecule has 2 aromatic rings. The molecule has 3 N–H and O–H groups in total. The van der Waals surface area contributed by atoms with E-state index in [0.717, 1.165) is 12.1 Å². The number of rotatable bonds is 4. The Hall–Kier alpha value is -2.30. The Kier molecular flexibility index (Phi) is 3.62. The average molecular weight is 244 g/mol. The largest absolute Gasteiger partial charge is 0.397 e. The zero-order valence-corrected chi connectivity index (χ0v) is 10.3. The molecule has 0 atom stereocenters. The maximum Gasteiger partial charge on any atom is 0.268 e. The number of nitrogen functional groups attached to an aromatic ring is 1. The first kappa shape index (κ1) is 12.2. The smallest absolute Gasteiger partial charge is 0.268 e. The van der Waals surface area contributed by atoms with E-state index in [1.54, 1.807) is 24.7 Å². The maximum atomic E-state index is 12.0. The molecule has 2 heterocycles. The molecule has 5 nitrogen and oxygen atoms in total. The molecule has 18 heavy (non-hydrogen) atoms. The molecule has 0 saturated heterocycles. The summed E-state index contributed by atoms with van der Waals surface area (Å²) >= 11 is 0. The molecule has 0 saturated carbocycles. The van der Waals surface area contributed by atoms with Crippen LogP contribution in [0.2, 0.25) is 0 Å². The monoisotopic (exact) mass is 244 g/mol. The minimum absolute atomic E-state index is 0.120. The zero-order chi connectivity index (χ0) is 13.0. The van der Waals surface area contributed by atoms with Crippen LogP contribution in [0.15, 0.2) is 36.8 Å². The first-order valence-corrected chi connectivity index (χ1v) is 5.83. The van der Waals surface area contributed by atoms with Gasteiger partial charge in [0.15, 0.2) is 0 Å². The topological polar surface area (TPSA) is 72.9 Å². The van der Waals surface area contributed by atoms with E-state index in [2.05, 4.69) is 10.3 Å². The lowest BCUT2D eigenvalue weighted by molar-refractivity contribution is 0.0941. The summed E-state index contributed by atoms with van der Waals surface area (Å²) in [6, 6.07) is 5.42. The van der Waals surface area contributed by atoms with E-state index in [1.807, 2.05) is 23.6 Å². The van der Waals surface area contributed by atoms with E-state index in [0.29, 0.717) is 17.9 Å². The van der Waals surface area contributed by atoms with Gasteiger partial charge in [0, 0.05) is 31.7 Å². The molecule has 0 radical (unpaired) electrons. The molecule has 0 spiro atoms. The molecular formula is C13H16N4O. The highest BCUT2D eigenvalue weighted by atomic mass is 16.1. The number of nitrogens with zero attached hydrogens (tertiary/aromatic N) is 2. The van der Waals surface area contributed by atoms with Gasteiger partial charge in [0.05, 0.1) is 5.69 Å². The van der Waals surface area contributed by atoms with Gasteiger partial charge in [-0.2, -0.15) is 0 Å². The van der Waals surface area contributed by atoms with Gasteiger partial charge in [-0.15, -0.1) is 0 Å². The quantitative estimate of drug-likeness (QED) is 0.854. The fourth-order valence-corrected chi connectivity index (χ4v) is 1.76. The summed E-state index contributed by atoms with van der Waals surface area (Å²) in [5, 5.41) is 2.86. The van der Waals surface area contributed by atoms with E-state index in [-0.39, 0.29) is 5.91 Å². The highest BCUT2D eigenvalue weighted by Crippen LogP contribution is 2.10. The molecule has 0 aromatic carbocycles. The van der Waals surface area contributed by atoms with Gasteiger partial charge in [0.25, 0.3) is 5.91 Å². The third-order valence-electron chi connectivity index (χ3n) is 2.69. The molecule has 0 fully saturated rings. The van der Waals surface area contributed by atoms with Crippen molar-refractivity contribution in [3.8, 4) is 0 Å². The Morgan fingerprint density at radius 3 is 2.83 bits per heavy atom. The van der Waals surface area contributed by atoms with Crippen LogP contribution in [0.4, 0.5) is 5.69 Å². The van der Waals surface area contributed by atoms with E-state index in [9.17, 15) is 4.79 Å². The standard InChI is InChI=1S/C13H16N4O/c1-2-17-9-11(14)7-12(17)13(18)16-8-10-3-5-15-6-4-10/h3-7,9H,2,8,14H2,1H3,(H,16,18). The number of carbonyl (C=O) groups excluding carboxylic acids is 1. The predicted octanol–water partition coefficient (Wildman–Crippen LogP) is 1.42. The molecule has 2 aromatic heterocycles. The molecule has 1 amide bonds. The minimum atomic E-state index is -0.120. The first-order valence-electron chi connectivity index (χ1n) is 5.83. The minimum Gasteiger partial charge on any atom is -0.397 e. The van der Waals surface area contributed by atoms with Crippen molar-refractivity contribution in [2.75, 3.05) is 5.73 Å². The van der Waals surface area contributed by atoms with E-state index in [1.165, 1.54) is 0 Å². The summed E-state index contributed by atoms with van der Waals surface area (Å²) in [4.78, 5) is 15.9. The van der Waals surface area contributed by atoms with Crippen LogP contribution < -0.4 is 11.1 Å². The lowest BCUT2D eigenvalue weighted by atomic mass is 10.2. The lowest BCUT2D eigenvalue weighted by Crippen LogP contribution is -2.25. The Bertz CT molecular complexity index is 533. The van der Waals surface area contributed by atoms with Crippen molar-refractivity contribution in [1.82, 2.24) is 14.9 Å². The van der Waals surface area contributed by atoms with Gasteiger partial charge in [-0.1, -0.05) is 0 Å². The first-order chi connectivity index (χ1) is 8.70. The Balaban J connectivity index is 2.04. The van der Waals surface area contributed by atoms with Crippen molar-refractivity contribution >= 4 is 11.6 Å². The number of nitrogens with two attached hydrogens (primary N) is 1. The Morgan fingerprint density at radius 1 is 1.44 bits per heavy atom. The molecule has 0 unspecified atom stereocenters. The summed E-state index contributed by atoms with van der Waals surface area (Å²) in [5.74, 6) is -0.120. The fraction of sp³-hybridized carbons (Fsp3) is 0.231. The lowest BCUT2D eigenvalue weighted by Gasteiger charge is -2.07. The van der Waals surface area contributed by atoms with Crippen LogP contribution in [0, 0.1) is 0 Å². The summed E-state index contributed by atoms with van der Waals surface area (Å²) in [6.45, 7) is 3.17. The number of pyridine rings is 1. The number of carbonyl (C=O) groups is 1. The molecule has 0 aliphatic heterocycles. The number of aryl methyl sites for hydroxylation is 1. The number of anilines is 1. The molecular weight excluding hydrogens is 228 g/mol. The van der Waals surface area contributed by atoms with Crippen LogP contribution in [-0.4, -0.2) is 15.5 Å². The molecule has 5 heteroatoms. The fourth-order valence-electron chi connectivity index (χ4n) is 1.76. The highest BCUT2D eigenvalue weighted by Gasteiger charge is 2.11. The highest BCUT2D eigenvalue weighted by molar-refractivity contribution is 5.93. The van der Waals surface area contributed by atoms with Crippen LogP contribution in [-0.2, 0) is 13.1 Å². The summed E-state index contributed by atoms with van der Waals surface area (Å²) in [6.07, 6.45) is 5.17. The molecule has 2 rings (SSSR count). The van der Waals surface area contributed by atoms with E-state index < -0.39 is 0 Å². The summed E-state index contributed by atoms with van der Waals surface area (Å²) in [7, 11) is 0. The SMILES string of the molecule is CCn1cc(N)cc1C(=O)NCc1ccncc1. The molecule has 0 bridgehead atoms. The van der Waals surface area contributed by atoms with Crippen molar-refractivity contribution in [2.45, 2.75) is 20.0 Å². The van der Waals surface area contributed by atoms with E-state index >= 15 is 0 Å². The second-order valence-electron chi connectivity index (χ2n) is 3.98. The number of hydrogen-bond acceptors (Lipinski definition) is 3. The number of nitrogens with one attached hydrogen (secondary N) is 1. The van der Waals surface area contributed by atoms with Crippen molar-refractivity contribution in [1.29, 1.82) is 0 Å². The summed E-state index contributed by atoms with van der Waals surface area (Å²) < 4.78 is 1.83. The van der Waals surface area contributed by atoms with Gasteiger partial charge >= 0.3 is 0 Å². The van der Waals surface area contributed by atoms with Crippen LogP contribution in [0.25, 0.3) is 0 Å². The van der Waals surface area contributed by atoms with Gasteiger partial charge in [-0.05, 0) is 30.7 Å². The maximum absolute atomic E-state index is 12.0. The van der Waals surface area contributed by atoms with E-state index in [4.69, 9.17) is 5.73 Å². The number of amides is 1.